The average molecular weight is 442 g/mol. The van der Waals surface area contributed by atoms with Gasteiger partial charge in [0.2, 0.25) is 0 Å². The third-order valence-electron chi connectivity index (χ3n) is 4.02. The second kappa shape index (κ2) is 9.47. The molecule has 2 rings (SSSR count). The Morgan fingerprint density at radius 1 is 1.30 bits per heavy atom. The lowest BCUT2D eigenvalue weighted by molar-refractivity contribution is -0.599. The molecule has 1 aromatic rings. The third-order valence-corrected chi connectivity index (χ3v) is 4.52. The van der Waals surface area contributed by atoms with Gasteiger partial charge in [-0.2, -0.15) is 12.6 Å². The SMILES string of the molecule is O=C(N[C@@H](CC1=CCC(OS(=O)(=O)O)([N+](=O)[O-])C=C1)C(=O)O)OCc1ccccc1. The fourth-order valence-electron chi connectivity index (χ4n) is 2.55. The van der Waals surface area contributed by atoms with Crippen molar-refractivity contribution < 1.29 is 41.5 Å². The normalized spacial score (nSPS) is 19.4. The van der Waals surface area contributed by atoms with Crippen LogP contribution in [-0.4, -0.2) is 46.8 Å². The van der Waals surface area contributed by atoms with E-state index in [1.807, 2.05) is 0 Å². The Morgan fingerprint density at radius 2 is 1.97 bits per heavy atom. The van der Waals surface area contributed by atoms with Crippen LogP contribution in [0.5, 0.6) is 0 Å². The van der Waals surface area contributed by atoms with E-state index >= 15 is 0 Å². The van der Waals surface area contributed by atoms with Gasteiger partial charge in [0.15, 0.2) is 0 Å². The highest BCUT2D eigenvalue weighted by molar-refractivity contribution is 7.80. The van der Waals surface area contributed by atoms with Gasteiger partial charge in [0.05, 0.1) is 11.3 Å². The molecular weight excluding hydrogens is 424 g/mol. The van der Waals surface area contributed by atoms with Gasteiger partial charge in [0.25, 0.3) is 0 Å². The van der Waals surface area contributed by atoms with Crippen LogP contribution >= 0.6 is 0 Å². The summed E-state index contributed by atoms with van der Waals surface area (Å²) in [5, 5.41) is 22.7. The first-order valence-electron chi connectivity index (χ1n) is 8.41. The number of amides is 1. The average Bonchev–Trinajstić information content (AvgIpc) is 2.67. The molecule has 0 saturated carbocycles. The number of rotatable bonds is 9. The van der Waals surface area contributed by atoms with Crippen molar-refractivity contribution in [2.75, 3.05) is 0 Å². The second-order valence-electron chi connectivity index (χ2n) is 6.23. The van der Waals surface area contributed by atoms with Crippen LogP contribution in [0.15, 0.2) is 54.1 Å². The Labute approximate surface area is 170 Å². The van der Waals surface area contributed by atoms with Crippen molar-refractivity contribution >= 4 is 22.5 Å². The van der Waals surface area contributed by atoms with Crippen molar-refractivity contribution in [2.45, 2.75) is 31.2 Å². The third kappa shape index (κ3) is 6.65. The second-order valence-corrected chi connectivity index (χ2v) is 7.25. The van der Waals surface area contributed by atoms with Crippen molar-refractivity contribution in [3.63, 3.8) is 0 Å². The van der Waals surface area contributed by atoms with Crippen molar-refractivity contribution in [3.05, 3.63) is 69.8 Å². The largest absolute Gasteiger partial charge is 0.480 e. The number of carbonyl (C=O) groups is 2. The van der Waals surface area contributed by atoms with E-state index in [9.17, 15) is 33.2 Å². The van der Waals surface area contributed by atoms with Gasteiger partial charge in [0.1, 0.15) is 12.6 Å². The van der Waals surface area contributed by atoms with Crippen molar-refractivity contribution in [2.24, 2.45) is 0 Å². The molecule has 0 aliphatic heterocycles. The molecule has 0 bridgehead atoms. The quantitative estimate of drug-likeness (QED) is 0.219. The van der Waals surface area contributed by atoms with E-state index in [-0.39, 0.29) is 18.6 Å². The number of carboxylic acids is 1. The summed E-state index contributed by atoms with van der Waals surface area (Å²) < 4.78 is 39.6. The molecular formula is C17H18N2O10S. The Kier molecular flexibility index (Phi) is 7.26. The van der Waals surface area contributed by atoms with E-state index in [0.717, 1.165) is 12.2 Å². The highest BCUT2D eigenvalue weighted by Crippen LogP contribution is 2.29. The first kappa shape index (κ1) is 23.0. The molecule has 1 unspecified atom stereocenters. The molecule has 1 amide bonds. The van der Waals surface area contributed by atoms with E-state index < -0.39 is 45.6 Å². The van der Waals surface area contributed by atoms with Crippen molar-refractivity contribution in [1.82, 2.24) is 5.32 Å². The Hall–Kier alpha value is -3.29. The molecule has 0 fully saturated rings. The van der Waals surface area contributed by atoms with Gasteiger partial charge in [0, 0.05) is 12.5 Å². The number of carboxylic acid groups (broad SMARTS) is 1. The number of nitro groups is 1. The lowest BCUT2D eigenvalue weighted by Gasteiger charge is -2.23. The lowest BCUT2D eigenvalue weighted by atomic mass is 9.96. The molecule has 0 radical (unpaired) electrons. The molecule has 13 heteroatoms. The molecule has 1 aromatic carbocycles. The van der Waals surface area contributed by atoms with Gasteiger partial charge in [-0.05, 0) is 11.1 Å². The number of alkyl carbamates (subject to hydrolysis) is 1. The fourth-order valence-corrected chi connectivity index (χ4v) is 3.10. The molecule has 0 heterocycles. The maximum Gasteiger partial charge on any atom is 0.408 e. The summed E-state index contributed by atoms with van der Waals surface area (Å²) in [7, 11) is -5.12. The summed E-state index contributed by atoms with van der Waals surface area (Å²) >= 11 is 0. The molecule has 30 heavy (non-hydrogen) atoms. The number of nitrogens with one attached hydrogen (secondary N) is 1. The Bertz CT molecular complexity index is 974. The Morgan fingerprint density at radius 3 is 2.47 bits per heavy atom. The van der Waals surface area contributed by atoms with E-state index in [0.29, 0.717) is 5.56 Å². The number of ether oxygens (including phenoxy) is 1. The van der Waals surface area contributed by atoms with Gasteiger partial charge in [-0.3, -0.25) is 14.7 Å². The van der Waals surface area contributed by atoms with Gasteiger partial charge in [-0.1, -0.05) is 42.5 Å². The zero-order valence-electron chi connectivity index (χ0n) is 15.3. The van der Waals surface area contributed by atoms with Crippen LogP contribution in [0.25, 0.3) is 0 Å². The van der Waals surface area contributed by atoms with E-state index in [1.54, 1.807) is 30.3 Å². The molecule has 3 N–H and O–H groups in total. The monoisotopic (exact) mass is 442 g/mol. The first-order valence-corrected chi connectivity index (χ1v) is 9.78. The van der Waals surface area contributed by atoms with E-state index in [2.05, 4.69) is 9.50 Å². The number of hydrogen-bond donors (Lipinski definition) is 3. The van der Waals surface area contributed by atoms with Gasteiger partial charge >= 0.3 is 28.2 Å². The lowest BCUT2D eigenvalue weighted by Crippen LogP contribution is -2.43. The van der Waals surface area contributed by atoms with Crippen LogP contribution in [0.4, 0.5) is 4.79 Å². The van der Waals surface area contributed by atoms with E-state index in [1.165, 1.54) is 6.08 Å². The van der Waals surface area contributed by atoms with Crippen molar-refractivity contribution in [1.29, 1.82) is 0 Å². The van der Waals surface area contributed by atoms with Crippen LogP contribution in [0.1, 0.15) is 18.4 Å². The van der Waals surface area contributed by atoms with Crippen molar-refractivity contribution in [3.8, 4) is 0 Å². The highest BCUT2D eigenvalue weighted by atomic mass is 32.3. The molecule has 0 saturated heterocycles. The summed E-state index contributed by atoms with van der Waals surface area (Å²) in [6, 6.07) is 7.30. The minimum absolute atomic E-state index is 0.0695. The smallest absolute Gasteiger partial charge is 0.408 e. The molecule has 1 aliphatic carbocycles. The summed E-state index contributed by atoms with van der Waals surface area (Å²) in [5.74, 6) is -1.37. The predicted octanol–water partition coefficient (Wildman–Crippen LogP) is 1.43. The van der Waals surface area contributed by atoms with Gasteiger partial charge in [-0.25, -0.2) is 9.59 Å². The summed E-state index contributed by atoms with van der Waals surface area (Å²) in [6.07, 6.45) is 1.23. The van der Waals surface area contributed by atoms with Crippen LogP contribution in [0.2, 0.25) is 0 Å². The first-order chi connectivity index (χ1) is 14.0. The molecule has 12 nitrogen and oxygen atoms in total. The minimum atomic E-state index is -5.12. The number of benzene rings is 1. The molecule has 162 valence electrons. The Balaban J connectivity index is 1.99. The van der Waals surface area contributed by atoms with Crippen LogP contribution in [0.3, 0.4) is 0 Å². The number of nitrogens with zero attached hydrogens (tertiary/aromatic N) is 1. The number of hydrogen-bond acceptors (Lipinski definition) is 8. The topological polar surface area (TPSA) is 182 Å². The highest BCUT2D eigenvalue weighted by Gasteiger charge is 2.46. The molecule has 2 atom stereocenters. The zero-order chi connectivity index (χ0) is 22.4. The number of aliphatic carboxylic acids is 1. The van der Waals surface area contributed by atoms with Crippen LogP contribution < -0.4 is 5.32 Å². The standard InChI is InChI=1S/C17H18N2O10S/c20-15(21)14(18-16(22)28-11-13-4-2-1-3-5-13)10-12-6-8-17(9-7-12,19(23)24)29-30(25,26)27/h1-8,14H,9-11H2,(H,18,22)(H,20,21)(H,25,26,27)/t14-,17?/m0/s1. The molecule has 0 spiro atoms. The number of carbonyl (C=O) groups excluding carboxylic acids is 1. The number of allylic oxidation sites excluding steroid dienone is 1. The maximum atomic E-state index is 11.9. The summed E-state index contributed by atoms with van der Waals surface area (Å²) in [5.41, 5.74) is -1.58. The predicted molar refractivity (Wildman–Crippen MR) is 100 cm³/mol. The maximum absolute atomic E-state index is 11.9. The summed E-state index contributed by atoms with van der Waals surface area (Å²) in [4.78, 5) is 33.5. The molecule has 1 aliphatic rings. The van der Waals surface area contributed by atoms with E-state index in [4.69, 9.17) is 9.29 Å². The van der Waals surface area contributed by atoms with Gasteiger partial charge < -0.3 is 15.2 Å². The minimum Gasteiger partial charge on any atom is -0.480 e. The van der Waals surface area contributed by atoms with Crippen LogP contribution in [0, 0.1) is 10.1 Å². The zero-order valence-corrected chi connectivity index (χ0v) is 16.1. The molecule has 0 aromatic heterocycles. The van der Waals surface area contributed by atoms with Gasteiger partial charge in [-0.15, -0.1) is 0 Å². The summed E-state index contributed by atoms with van der Waals surface area (Å²) in [6.45, 7) is -0.0695. The van der Waals surface area contributed by atoms with Crippen LogP contribution in [-0.2, 0) is 30.7 Å². The fraction of sp³-hybridized carbons (Fsp3) is 0.294.